The predicted octanol–water partition coefficient (Wildman–Crippen LogP) is 2.14. The highest BCUT2D eigenvalue weighted by Crippen LogP contribution is 2.29. The molecule has 1 fully saturated rings. The fraction of sp³-hybridized carbons (Fsp3) is 0.429. The van der Waals surface area contributed by atoms with E-state index in [2.05, 4.69) is 5.32 Å². The van der Waals surface area contributed by atoms with E-state index in [1.54, 1.807) is 17.0 Å². The van der Waals surface area contributed by atoms with Crippen LogP contribution in [0.2, 0.25) is 5.02 Å². The quantitative estimate of drug-likeness (QED) is 0.922. The van der Waals surface area contributed by atoms with Crippen molar-refractivity contribution >= 4 is 23.4 Å². The Labute approximate surface area is 117 Å². The normalized spacial score (nSPS) is 19.2. The Bertz CT molecular complexity index is 490. The molecule has 1 aromatic rings. The highest BCUT2D eigenvalue weighted by molar-refractivity contribution is 6.31. The van der Waals surface area contributed by atoms with Gasteiger partial charge in [-0.3, -0.25) is 9.59 Å². The number of hydrogen-bond acceptors (Lipinski definition) is 2. The first-order valence-corrected chi connectivity index (χ1v) is 6.84. The number of halogens is 1. The number of carbonyl (C=O) groups is 2. The lowest BCUT2D eigenvalue weighted by Crippen LogP contribution is -2.52. The van der Waals surface area contributed by atoms with Crippen molar-refractivity contribution in [2.24, 2.45) is 0 Å². The second-order valence-corrected chi connectivity index (χ2v) is 4.96. The summed E-state index contributed by atoms with van der Waals surface area (Å²) in [5, 5.41) is 3.31. The number of hydrogen-bond donors (Lipinski definition) is 1. The first-order valence-electron chi connectivity index (χ1n) is 6.46. The van der Waals surface area contributed by atoms with E-state index < -0.39 is 6.04 Å². The Balaban J connectivity index is 2.34. The van der Waals surface area contributed by atoms with E-state index in [-0.39, 0.29) is 11.8 Å². The molecular weight excluding hydrogens is 264 g/mol. The predicted molar refractivity (Wildman–Crippen MR) is 73.8 cm³/mol. The Morgan fingerprint density at radius 3 is 2.89 bits per heavy atom. The fourth-order valence-corrected chi connectivity index (χ4v) is 2.54. The number of amides is 2. The van der Waals surface area contributed by atoms with Crippen molar-refractivity contribution in [3.63, 3.8) is 0 Å². The van der Waals surface area contributed by atoms with Crippen LogP contribution in [0.25, 0.3) is 0 Å². The van der Waals surface area contributed by atoms with E-state index in [0.29, 0.717) is 30.1 Å². The molecule has 0 bridgehead atoms. The minimum Gasteiger partial charge on any atom is -0.352 e. The van der Waals surface area contributed by atoms with Gasteiger partial charge in [-0.1, -0.05) is 36.7 Å². The molecule has 1 aliphatic rings. The highest BCUT2D eigenvalue weighted by Gasteiger charge is 2.34. The summed E-state index contributed by atoms with van der Waals surface area (Å²) in [5.74, 6) is -0.161. The molecule has 19 heavy (non-hydrogen) atoms. The van der Waals surface area contributed by atoms with Gasteiger partial charge in [-0.15, -0.1) is 0 Å². The third-order valence-corrected chi connectivity index (χ3v) is 3.54. The van der Waals surface area contributed by atoms with Crippen LogP contribution in [0.3, 0.4) is 0 Å². The van der Waals surface area contributed by atoms with E-state index in [1.807, 2.05) is 19.1 Å². The highest BCUT2D eigenvalue weighted by atomic mass is 35.5. The molecule has 0 saturated carbocycles. The SMILES string of the molecule is CCCC(=O)N1CCNC(=O)C1c1ccccc1Cl. The summed E-state index contributed by atoms with van der Waals surface area (Å²) in [6.07, 6.45) is 1.22. The van der Waals surface area contributed by atoms with E-state index in [9.17, 15) is 9.59 Å². The van der Waals surface area contributed by atoms with Gasteiger partial charge in [-0.25, -0.2) is 0 Å². The summed E-state index contributed by atoms with van der Waals surface area (Å²) in [5.41, 5.74) is 0.686. The number of carbonyl (C=O) groups excluding carboxylic acids is 2. The lowest BCUT2D eigenvalue weighted by atomic mass is 10.0. The van der Waals surface area contributed by atoms with Gasteiger partial charge >= 0.3 is 0 Å². The maximum Gasteiger partial charge on any atom is 0.247 e. The van der Waals surface area contributed by atoms with Crippen LogP contribution in [0.5, 0.6) is 0 Å². The molecule has 5 heteroatoms. The molecule has 1 aliphatic heterocycles. The minimum absolute atomic E-state index is 0.00210. The van der Waals surface area contributed by atoms with Gasteiger partial charge in [0.1, 0.15) is 6.04 Å². The lowest BCUT2D eigenvalue weighted by molar-refractivity contribution is -0.143. The first kappa shape index (κ1) is 13.9. The monoisotopic (exact) mass is 280 g/mol. The van der Waals surface area contributed by atoms with Gasteiger partial charge in [0.15, 0.2) is 0 Å². The molecule has 0 radical (unpaired) electrons. The van der Waals surface area contributed by atoms with Crippen LogP contribution >= 0.6 is 11.6 Å². The van der Waals surface area contributed by atoms with E-state index in [4.69, 9.17) is 11.6 Å². The summed E-state index contributed by atoms with van der Waals surface area (Å²) in [6, 6.07) is 6.56. The van der Waals surface area contributed by atoms with Gasteiger partial charge in [-0.2, -0.15) is 0 Å². The van der Waals surface area contributed by atoms with Gasteiger partial charge in [0, 0.05) is 30.1 Å². The average molecular weight is 281 g/mol. The second-order valence-electron chi connectivity index (χ2n) is 4.55. The zero-order chi connectivity index (χ0) is 13.8. The second kappa shape index (κ2) is 6.06. The molecule has 2 rings (SSSR count). The molecule has 1 aromatic carbocycles. The smallest absolute Gasteiger partial charge is 0.247 e. The molecule has 1 N–H and O–H groups in total. The molecule has 102 valence electrons. The Kier molecular flexibility index (Phi) is 4.43. The average Bonchev–Trinajstić information content (AvgIpc) is 2.40. The van der Waals surface area contributed by atoms with E-state index >= 15 is 0 Å². The van der Waals surface area contributed by atoms with Crippen molar-refractivity contribution in [3.8, 4) is 0 Å². The largest absolute Gasteiger partial charge is 0.352 e. The molecule has 1 atom stereocenters. The van der Waals surface area contributed by atoms with Gasteiger partial charge in [-0.05, 0) is 12.5 Å². The standard InChI is InChI=1S/C14H17ClN2O2/c1-2-5-12(18)17-9-8-16-14(19)13(17)10-6-3-4-7-11(10)15/h3-4,6-7,13H,2,5,8-9H2,1H3,(H,16,19). The molecule has 0 spiro atoms. The van der Waals surface area contributed by atoms with Gasteiger partial charge < -0.3 is 10.2 Å². The maximum absolute atomic E-state index is 12.1. The number of nitrogens with zero attached hydrogens (tertiary/aromatic N) is 1. The Hall–Kier alpha value is -1.55. The zero-order valence-electron chi connectivity index (χ0n) is 10.9. The molecule has 1 heterocycles. The third-order valence-electron chi connectivity index (χ3n) is 3.20. The Morgan fingerprint density at radius 2 is 2.21 bits per heavy atom. The molecular formula is C14H17ClN2O2. The van der Waals surface area contributed by atoms with Crippen LogP contribution in [0.15, 0.2) is 24.3 Å². The topological polar surface area (TPSA) is 49.4 Å². The van der Waals surface area contributed by atoms with Gasteiger partial charge in [0.05, 0.1) is 0 Å². The fourth-order valence-electron chi connectivity index (χ4n) is 2.30. The van der Waals surface area contributed by atoms with Gasteiger partial charge in [0.25, 0.3) is 0 Å². The molecule has 0 aliphatic carbocycles. The molecule has 0 aromatic heterocycles. The summed E-state index contributed by atoms with van der Waals surface area (Å²) in [4.78, 5) is 25.9. The van der Waals surface area contributed by atoms with Crippen molar-refractivity contribution in [1.29, 1.82) is 0 Å². The van der Waals surface area contributed by atoms with Crippen LogP contribution in [-0.2, 0) is 9.59 Å². The first-order chi connectivity index (χ1) is 9.15. The van der Waals surface area contributed by atoms with Crippen molar-refractivity contribution in [2.45, 2.75) is 25.8 Å². The van der Waals surface area contributed by atoms with Crippen molar-refractivity contribution in [1.82, 2.24) is 10.2 Å². The third kappa shape index (κ3) is 2.89. The number of piperazine rings is 1. The lowest BCUT2D eigenvalue weighted by Gasteiger charge is -2.35. The zero-order valence-corrected chi connectivity index (χ0v) is 11.6. The van der Waals surface area contributed by atoms with Crippen molar-refractivity contribution < 1.29 is 9.59 Å². The van der Waals surface area contributed by atoms with Crippen molar-refractivity contribution in [3.05, 3.63) is 34.9 Å². The molecule has 2 amide bonds. The van der Waals surface area contributed by atoms with Crippen molar-refractivity contribution in [2.75, 3.05) is 13.1 Å². The number of benzene rings is 1. The Morgan fingerprint density at radius 1 is 1.47 bits per heavy atom. The summed E-state index contributed by atoms with van der Waals surface area (Å²) >= 11 is 6.15. The van der Waals surface area contributed by atoms with Crippen LogP contribution in [-0.4, -0.2) is 29.8 Å². The van der Waals surface area contributed by atoms with Crippen LogP contribution in [0.1, 0.15) is 31.4 Å². The van der Waals surface area contributed by atoms with Crippen LogP contribution in [0, 0.1) is 0 Å². The summed E-state index contributed by atoms with van der Waals surface area (Å²) in [6.45, 7) is 2.97. The molecule has 1 unspecified atom stereocenters. The minimum atomic E-state index is -0.610. The van der Waals surface area contributed by atoms with E-state index in [0.717, 1.165) is 6.42 Å². The van der Waals surface area contributed by atoms with Crippen LogP contribution in [0.4, 0.5) is 0 Å². The number of rotatable bonds is 3. The van der Waals surface area contributed by atoms with Crippen LogP contribution < -0.4 is 5.32 Å². The summed E-state index contributed by atoms with van der Waals surface area (Å²) < 4.78 is 0. The summed E-state index contributed by atoms with van der Waals surface area (Å²) in [7, 11) is 0. The molecule has 4 nitrogen and oxygen atoms in total. The van der Waals surface area contributed by atoms with E-state index in [1.165, 1.54) is 0 Å². The van der Waals surface area contributed by atoms with Gasteiger partial charge in [0.2, 0.25) is 11.8 Å². The molecule has 1 saturated heterocycles. The number of nitrogens with one attached hydrogen (secondary N) is 1. The maximum atomic E-state index is 12.1.